The largest absolute Gasteiger partial charge is 0.479 e. The van der Waals surface area contributed by atoms with Gasteiger partial charge in [0.2, 0.25) is 0 Å². The van der Waals surface area contributed by atoms with E-state index in [0.717, 1.165) is 5.56 Å². The number of amides is 1. The predicted octanol–water partition coefficient (Wildman–Crippen LogP) is 3.55. The number of ether oxygens (including phenoxy) is 1. The molecule has 0 aliphatic heterocycles. The van der Waals surface area contributed by atoms with Crippen LogP contribution in [0, 0.1) is 19.9 Å². The van der Waals surface area contributed by atoms with Gasteiger partial charge in [-0.3, -0.25) is 0 Å². The monoisotopic (exact) mass is 387 g/mol. The Kier molecular flexibility index (Phi) is 7.39. The molecule has 0 aliphatic carbocycles. The number of carboxylic acids is 1. The van der Waals surface area contributed by atoms with Gasteiger partial charge in [-0.15, -0.1) is 5.56 Å². The number of carboxylic acid groups (broad SMARTS) is 1. The van der Waals surface area contributed by atoms with Crippen LogP contribution < -0.4 is 5.32 Å². The van der Waals surface area contributed by atoms with Crippen molar-refractivity contribution in [1.82, 2.24) is 0 Å². The van der Waals surface area contributed by atoms with Crippen molar-refractivity contribution in [3.8, 4) is 0 Å². The van der Waals surface area contributed by atoms with Crippen LogP contribution in [0.3, 0.4) is 0 Å². The molecule has 0 fully saturated rings. The van der Waals surface area contributed by atoms with E-state index in [4.69, 9.17) is 4.74 Å². The molecule has 0 saturated heterocycles. The van der Waals surface area contributed by atoms with Gasteiger partial charge in [-0.25, -0.2) is 9.59 Å². The first-order valence-electron chi connectivity index (χ1n) is 6.72. The Bertz CT molecular complexity index is 701. The van der Waals surface area contributed by atoms with Gasteiger partial charge in [0.05, 0.1) is 0 Å². The Balaban J connectivity index is 0.00000264. The van der Waals surface area contributed by atoms with Crippen LogP contribution in [0.1, 0.15) is 27.0 Å². The number of aryl methyl sites for hydroxylation is 2. The number of benzene rings is 2. The molecule has 0 atom stereocenters. The summed E-state index contributed by atoms with van der Waals surface area (Å²) in [7, 11) is 0. The average Bonchev–Trinajstić information content (AvgIpc) is 2.48. The maximum absolute atomic E-state index is 11.9. The van der Waals surface area contributed by atoms with E-state index >= 15 is 0 Å². The van der Waals surface area contributed by atoms with Crippen LogP contribution in [0.5, 0.6) is 0 Å². The van der Waals surface area contributed by atoms with Crippen molar-refractivity contribution in [2.45, 2.75) is 20.5 Å². The molecule has 0 aromatic heterocycles. The molecule has 0 heterocycles. The molecule has 2 rings (SSSR count). The second-order valence-electron chi connectivity index (χ2n) is 4.86. The fourth-order valence-electron chi connectivity index (χ4n) is 2.08. The van der Waals surface area contributed by atoms with Gasteiger partial charge in [0.25, 0.3) is 0 Å². The summed E-state index contributed by atoms with van der Waals surface area (Å²) in [5.74, 6) is -1.11. The molecule has 1 radical (unpaired) electrons. The standard InChI is InChI=1S/C17H16NO4.Y/c1-11-8-12(2)15(14(9-11)16(19)20)18-17(21)22-10-13-6-4-3-5-7-13;/h3-7,9H,10H2,1-2H3,(H,18,21)(H,19,20);/q-1;. The Morgan fingerprint density at radius 1 is 1.22 bits per heavy atom. The fourth-order valence-corrected chi connectivity index (χ4v) is 2.08. The number of rotatable bonds is 4. The maximum Gasteiger partial charge on any atom is 0.400 e. The summed E-state index contributed by atoms with van der Waals surface area (Å²) in [5, 5.41) is 11.7. The van der Waals surface area contributed by atoms with Crippen LogP contribution in [-0.2, 0) is 44.1 Å². The summed E-state index contributed by atoms with van der Waals surface area (Å²) in [6.45, 7) is 3.55. The topological polar surface area (TPSA) is 75.6 Å². The molecule has 2 aromatic carbocycles. The Hall–Kier alpha value is -1.72. The van der Waals surface area contributed by atoms with E-state index in [1.807, 2.05) is 30.3 Å². The van der Waals surface area contributed by atoms with Crippen LogP contribution in [0.15, 0.2) is 36.4 Å². The molecule has 117 valence electrons. The van der Waals surface area contributed by atoms with Crippen molar-refractivity contribution in [3.05, 3.63) is 64.7 Å². The summed E-state index contributed by atoms with van der Waals surface area (Å²) in [5.41, 5.74) is 2.32. The van der Waals surface area contributed by atoms with Crippen LogP contribution in [0.2, 0.25) is 0 Å². The minimum absolute atomic E-state index is 0. The molecular formula is C17H16NO4Y-. The van der Waals surface area contributed by atoms with Crippen molar-refractivity contribution < 1.29 is 52.1 Å². The van der Waals surface area contributed by atoms with Gasteiger partial charge in [0, 0.05) is 32.7 Å². The van der Waals surface area contributed by atoms with Crippen molar-refractivity contribution in [2.75, 3.05) is 5.32 Å². The van der Waals surface area contributed by atoms with Crippen molar-refractivity contribution >= 4 is 17.7 Å². The summed E-state index contributed by atoms with van der Waals surface area (Å²) < 4.78 is 5.10. The minimum Gasteiger partial charge on any atom is -0.479 e. The Morgan fingerprint density at radius 2 is 1.87 bits per heavy atom. The van der Waals surface area contributed by atoms with Gasteiger partial charge in [0.15, 0.2) is 0 Å². The normalized spacial score (nSPS) is 9.65. The first kappa shape index (κ1) is 19.3. The molecule has 0 saturated carbocycles. The third-order valence-corrected chi connectivity index (χ3v) is 3.06. The van der Waals surface area contributed by atoms with Gasteiger partial charge in [-0.1, -0.05) is 44.2 Å². The van der Waals surface area contributed by atoms with Crippen molar-refractivity contribution in [1.29, 1.82) is 0 Å². The summed E-state index contributed by atoms with van der Waals surface area (Å²) >= 11 is 0. The van der Waals surface area contributed by atoms with Crippen molar-refractivity contribution in [3.63, 3.8) is 0 Å². The Morgan fingerprint density at radius 3 is 2.48 bits per heavy atom. The second kappa shape index (κ2) is 8.80. The molecule has 1 amide bonds. The average molecular weight is 387 g/mol. The number of carbonyl (C=O) groups is 2. The van der Waals surface area contributed by atoms with Crippen LogP contribution in [-0.4, -0.2) is 17.2 Å². The van der Waals surface area contributed by atoms with Crippen LogP contribution in [0.4, 0.5) is 10.5 Å². The third kappa shape index (κ3) is 5.45. The van der Waals surface area contributed by atoms with Gasteiger partial charge in [0.1, 0.15) is 6.61 Å². The summed E-state index contributed by atoms with van der Waals surface area (Å²) in [6, 6.07) is 13.7. The van der Waals surface area contributed by atoms with Crippen LogP contribution in [0.25, 0.3) is 0 Å². The zero-order chi connectivity index (χ0) is 16.1. The fraction of sp³-hybridized carbons (Fsp3) is 0.176. The van der Waals surface area contributed by atoms with Crippen LogP contribution >= 0.6 is 0 Å². The first-order valence-corrected chi connectivity index (χ1v) is 6.72. The van der Waals surface area contributed by atoms with Gasteiger partial charge >= 0.3 is 12.1 Å². The molecule has 23 heavy (non-hydrogen) atoms. The van der Waals surface area contributed by atoms with Crippen molar-refractivity contribution in [2.24, 2.45) is 0 Å². The van der Waals surface area contributed by atoms with Gasteiger partial charge < -0.3 is 15.2 Å². The van der Waals surface area contributed by atoms with E-state index < -0.39 is 12.1 Å². The molecule has 0 spiro atoms. The van der Waals surface area contributed by atoms with E-state index in [1.54, 1.807) is 13.8 Å². The molecule has 0 bridgehead atoms. The van der Waals surface area contributed by atoms with E-state index in [-0.39, 0.29) is 50.6 Å². The number of aromatic carboxylic acids is 1. The summed E-state index contributed by atoms with van der Waals surface area (Å²) in [6.07, 6.45) is -0.702. The number of hydrogen-bond acceptors (Lipinski definition) is 3. The smallest absolute Gasteiger partial charge is 0.400 e. The van der Waals surface area contributed by atoms with Gasteiger partial charge in [-0.2, -0.15) is 17.7 Å². The first-order chi connectivity index (χ1) is 10.5. The van der Waals surface area contributed by atoms with E-state index in [9.17, 15) is 14.7 Å². The van der Waals surface area contributed by atoms with Gasteiger partial charge in [-0.05, 0) is 16.8 Å². The number of carbonyl (C=O) groups excluding carboxylic acids is 1. The predicted molar refractivity (Wildman–Crippen MR) is 82.0 cm³/mol. The zero-order valence-electron chi connectivity index (χ0n) is 12.9. The van der Waals surface area contributed by atoms with E-state index in [1.165, 1.54) is 6.07 Å². The molecule has 5 nitrogen and oxygen atoms in total. The summed E-state index contributed by atoms with van der Waals surface area (Å²) in [4.78, 5) is 23.1. The number of anilines is 1. The quantitative estimate of drug-likeness (QED) is 0.787. The molecule has 2 aromatic rings. The number of nitrogens with one attached hydrogen (secondary N) is 1. The third-order valence-electron chi connectivity index (χ3n) is 3.06. The van der Waals surface area contributed by atoms with E-state index in [0.29, 0.717) is 11.1 Å². The molecule has 6 heteroatoms. The molecule has 0 aliphatic rings. The minimum atomic E-state index is -1.11. The number of hydrogen-bond donors (Lipinski definition) is 2. The zero-order valence-corrected chi connectivity index (χ0v) is 15.8. The molecule has 2 N–H and O–H groups in total. The van der Waals surface area contributed by atoms with E-state index in [2.05, 4.69) is 11.4 Å². The maximum atomic E-state index is 11.9. The molecule has 0 unspecified atom stereocenters. The Labute approximate surface area is 159 Å². The molecular weight excluding hydrogens is 371 g/mol. The second-order valence-corrected chi connectivity index (χ2v) is 4.86. The SMILES string of the molecule is Cc1[c-]c(C)c(NC(=O)OCc2ccccc2)c(C(=O)O)c1.[Y].